The molecule has 2 aromatic rings. The number of rotatable bonds is 4. The van der Waals surface area contributed by atoms with Crippen molar-refractivity contribution in [3.63, 3.8) is 0 Å². The standard InChI is InChI=1S/C9H11N5O2/c1-13-5-7(4-11-13)9-12-10-6-14(9)3-2-8(15)16/h4-6H,2-3H2,1H3,(H,15,16). The van der Waals surface area contributed by atoms with Crippen molar-refractivity contribution in [1.82, 2.24) is 24.5 Å². The maximum atomic E-state index is 10.5. The quantitative estimate of drug-likeness (QED) is 0.794. The lowest BCUT2D eigenvalue weighted by Crippen LogP contribution is -2.05. The molecular weight excluding hydrogens is 210 g/mol. The van der Waals surface area contributed by atoms with Crippen molar-refractivity contribution in [3.05, 3.63) is 18.7 Å². The molecule has 2 rings (SSSR count). The molecule has 0 aliphatic carbocycles. The van der Waals surface area contributed by atoms with Gasteiger partial charge in [0.2, 0.25) is 0 Å². The Labute approximate surface area is 91.3 Å². The first kappa shape index (κ1) is 10.3. The van der Waals surface area contributed by atoms with E-state index < -0.39 is 5.97 Å². The minimum absolute atomic E-state index is 0.0469. The first-order valence-corrected chi connectivity index (χ1v) is 4.75. The van der Waals surface area contributed by atoms with Crippen LogP contribution >= 0.6 is 0 Å². The van der Waals surface area contributed by atoms with Gasteiger partial charge in [0.1, 0.15) is 6.33 Å². The SMILES string of the molecule is Cn1cc(-c2nncn2CCC(=O)O)cn1. The highest BCUT2D eigenvalue weighted by Crippen LogP contribution is 2.15. The van der Waals surface area contributed by atoms with E-state index in [1.165, 1.54) is 6.33 Å². The van der Waals surface area contributed by atoms with Crippen molar-refractivity contribution >= 4 is 5.97 Å². The van der Waals surface area contributed by atoms with Crippen LogP contribution in [0.4, 0.5) is 0 Å². The van der Waals surface area contributed by atoms with Gasteiger partial charge in [0.25, 0.3) is 0 Å². The van der Waals surface area contributed by atoms with Gasteiger partial charge in [-0.3, -0.25) is 9.48 Å². The topological polar surface area (TPSA) is 85.8 Å². The molecule has 7 heteroatoms. The number of aromatic nitrogens is 5. The molecule has 0 bridgehead atoms. The molecule has 1 N–H and O–H groups in total. The van der Waals surface area contributed by atoms with Crippen LogP contribution in [0.25, 0.3) is 11.4 Å². The Balaban J connectivity index is 2.22. The number of carbonyl (C=O) groups is 1. The summed E-state index contributed by atoms with van der Waals surface area (Å²) in [6.07, 6.45) is 5.04. The lowest BCUT2D eigenvalue weighted by atomic mass is 10.3. The first-order valence-electron chi connectivity index (χ1n) is 4.75. The predicted molar refractivity (Wildman–Crippen MR) is 54.5 cm³/mol. The number of hydrogen-bond acceptors (Lipinski definition) is 4. The molecule has 0 fully saturated rings. The van der Waals surface area contributed by atoms with E-state index in [-0.39, 0.29) is 6.42 Å². The normalized spacial score (nSPS) is 10.6. The molecule has 0 aliphatic heterocycles. The predicted octanol–water partition coefficient (Wildman–Crippen LogP) is 0.153. The van der Waals surface area contributed by atoms with Crippen LogP contribution in [-0.2, 0) is 18.4 Å². The van der Waals surface area contributed by atoms with E-state index in [1.807, 2.05) is 7.05 Å². The lowest BCUT2D eigenvalue weighted by Gasteiger charge is -2.01. The zero-order valence-corrected chi connectivity index (χ0v) is 8.74. The highest BCUT2D eigenvalue weighted by Gasteiger charge is 2.09. The summed E-state index contributed by atoms with van der Waals surface area (Å²) in [6, 6.07) is 0. The molecule has 0 unspecified atom stereocenters. The Morgan fingerprint density at radius 3 is 3.00 bits per heavy atom. The maximum absolute atomic E-state index is 10.5. The van der Waals surface area contributed by atoms with Crippen LogP contribution in [0.15, 0.2) is 18.7 Å². The summed E-state index contributed by atoms with van der Waals surface area (Å²) in [5, 5.41) is 20.3. The fourth-order valence-corrected chi connectivity index (χ4v) is 1.39. The largest absolute Gasteiger partial charge is 0.481 e. The molecule has 7 nitrogen and oxygen atoms in total. The van der Waals surface area contributed by atoms with Crippen LogP contribution < -0.4 is 0 Å². The number of aryl methyl sites for hydroxylation is 2. The van der Waals surface area contributed by atoms with E-state index in [1.54, 1.807) is 21.6 Å². The molecule has 0 atom stereocenters. The van der Waals surface area contributed by atoms with Crippen molar-refractivity contribution in [2.24, 2.45) is 7.05 Å². The number of aliphatic carboxylic acids is 1. The molecular formula is C9H11N5O2. The van der Waals surface area contributed by atoms with Gasteiger partial charge in [0, 0.05) is 19.8 Å². The number of carboxylic acid groups (broad SMARTS) is 1. The molecule has 0 radical (unpaired) electrons. The smallest absolute Gasteiger partial charge is 0.305 e. The Kier molecular flexibility index (Phi) is 2.67. The summed E-state index contributed by atoms with van der Waals surface area (Å²) in [5.74, 6) is -0.208. The van der Waals surface area contributed by atoms with E-state index in [0.717, 1.165) is 5.56 Å². The van der Waals surface area contributed by atoms with Gasteiger partial charge in [0.05, 0.1) is 18.2 Å². The molecule has 2 heterocycles. The van der Waals surface area contributed by atoms with Crippen LogP contribution in [0.3, 0.4) is 0 Å². The molecule has 0 spiro atoms. The summed E-state index contributed by atoms with van der Waals surface area (Å²) in [6.45, 7) is 0.354. The lowest BCUT2D eigenvalue weighted by molar-refractivity contribution is -0.137. The van der Waals surface area contributed by atoms with E-state index in [4.69, 9.17) is 5.11 Å². The molecule has 84 valence electrons. The van der Waals surface area contributed by atoms with Gasteiger partial charge in [-0.15, -0.1) is 10.2 Å². The van der Waals surface area contributed by atoms with Crippen molar-refractivity contribution in [2.45, 2.75) is 13.0 Å². The second kappa shape index (κ2) is 4.13. The van der Waals surface area contributed by atoms with Gasteiger partial charge in [-0.25, -0.2) is 0 Å². The Morgan fingerprint density at radius 2 is 2.38 bits per heavy atom. The summed E-state index contributed by atoms with van der Waals surface area (Å²) in [5.41, 5.74) is 0.824. The zero-order chi connectivity index (χ0) is 11.5. The van der Waals surface area contributed by atoms with Crippen LogP contribution in [-0.4, -0.2) is 35.6 Å². The molecule has 0 saturated carbocycles. The summed E-state index contributed by atoms with van der Waals surface area (Å²) < 4.78 is 3.36. The highest BCUT2D eigenvalue weighted by atomic mass is 16.4. The molecule has 16 heavy (non-hydrogen) atoms. The van der Waals surface area contributed by atoms with Crippen LogP contribution in [0.5, 0.6) is 0 Å². The summed E-state index contributed by atoms with van der Waals surface area (Å²) in [4.78, 5) is 10.5. The highest BCUT2D eigenvalue weighted by molar-refractivity contribution is 5.66. The Morgan fingerprint density at radius 1 is 1.56 bits per heavy atom. The van der Waals surface area contributed by atoms with Crippen LogP contribution in [0.2, 0.25) is 0 Å². The molecule has 0 aromatic carbocycles. The maximum Gasteiger partial charge on any atom is 0.305 e. The van der Waals surface area contributed by atoms with Crippen molar-refractivity contribution in [3.8, 4) is 11.4 Å². The van der Waals surface area contributed by atoms with Gasteiger partial charge >= 0.3 is 5.97 Å². The van der Waals surface area contributed by atoms with Gasteiger partial charge in [-0.1, -0.05) is 0 Å². The van der Waals surface area contributed by atoms with Gasteiger partial charge in [-0.05, 0) is 0 Å². The third-order valence-corrected chi connectivity index (χ3v) is 2.15. The fraction of sp³-hybridized carbons (Fsp3) is 0.333. The molecule has 0 saturated heterocycles. The summed E-state index contributed by atoms with van der Waals surface area (Å²) >= 11 is 0. The van der Waals surface area contributed by atoms with Crippen molar-refractivity contribution in [1.29, 1.82) is 0 Å². The van der Waals surface area contributed by atoms with Gasteiger partial charge in [0.15, 0.2) is 5.82 Å². The molecule has 0 aliphatic rings. The molecule has 2 aromatic heterocycles. The number of nitrogens with zero attached hydrogens (tertiary/aromatic N) is 5. The second-order valence-corrected chi connectivity index (χ2v) is 3.39. The van der Waals surface area contributed by atoms with Crippen molar-refractivity contribution in [2.75, 3.05) is 0 Å². The van der Waals surface area contributed by atoms with E-state index in [0.29, 0.717) is 12.4 Å². The first-order chi connectivity index (χ1) is 7.66. The van der Waals surface area contributed by atoms with E-state index >= 15 is 0 Å². The monoisotopic (exact) mass is 221 g/mol. The number of hydrogen-bond donors (Lipinski definition) is 1. The third kappa shape index (κ3) is 2.08. The van der Waals surface area contributed by atoms with E-state index in [2.05, 4.69) is 15.3 Å². The Bertz CT molecular complexity index is 501. The minimum atomic E-state index is -0.842. The van der Waals surface area contributed by atoms with E-state index in [9.17, 15) is 4.79 Å². The fourth-order valence-electron chi connectivity index (χ4n) is 1.39. The molecule has 0 amide bonds. The van der Waals surface area contributed by atoms with Crippen molar-refractivity contribution < 1.29 is 9.90 Å². The Hall–Kier alpha value is -2.18. The van der Waals surface area contributed by atoms with Crippen LogP contribution in [0, 0.1) is 0 Å². The minimum Gasteiger partial charge on any atom is -0.481 e. The van der Waals surface area contributed by atoms with Crippen LogP contribution in [0.1, 0.15) is 6.42 Å². The van der Waals surface area contributed by atoms with Gasteiger partial charge < -0.3 is 9.67 Å². The second-order valence-electron chi connectivity index (χ2n) is 3.39. The average molecular weight is 221 g/mol. The third-order valence-electron chi connectivity index (χ3n) is 2.15. The average Bonchev–Trinajstić information content (AvgIpc) is 2.82. The number of carboxylic acids is 1. The zero-order valence-electron chi connectivity index (χ0n) is 8.74. The summed E-state index contributed by atoms with van der Waals surface area (Å²) in [7, 11) is 1.81. The van der Waals surface area contributed by atoms with Gasteiger partial charge in [-0.2, -0.15) is 5.10 Å².